The Kier molecular flexibility index (Phi) is 6.61. The summed E-state index contributed by atoms with van der Waals surface area (Å²) >= 11 is 6.00. The Morgan fingerprint density at radius 2 is 1.95 bits per heavy atom. The first-order valence-corrected chi connectivity index (χ1v) is 6.97. The van der Waals surface area contributed by atoms with Crippen LogP contribution in [0.2, 0.25) is 0 Å². The topological polar surface area (TPSA) is 20.2 Å². The number of alkyl halides is 1. The number of allylic oxidation sites excluding steroid dienone is 5. The van der Waals surface area contributed by atoms with Crippen molar-refractivity contribution in [1.29, 1.82) is 0 Å². The molecule has 0 bridgehead atoms. The first-order chi connectivity index (χ1) is 9.10. The lowest BCUT2D eigenvalue weighted by atomic mass is 9.93. The lowest BCUT2D eigenvalue weighted by molar-refractivity contribution is 0.244. The van der Waals surface area contributed by atoms with E-state index in [1.807, 2.05) is 44.2 Å². The molecule has 0 fully saturated rings. The summed E-state index contributed by atoms with van der Waals surface area (Å²) in [6, 6.07) is 10.2. The molecule has 0 heterocycles. The summed E-state index contributed by atoms with van der Waals surface area (Å²) in [6.45, 7) is 5.77. The summed E-state index contributed by atoms with van der Waals surface area (Å²) < 4.78 is 0. The van der Waals surface area contributed by atoms with Gasteiger partial charge in [-0.3, -0.25) is 0 Å². The standard InChI is InChI=1S/C17H21ClO/c1-4-15(11-10-14(3)19)17(13(2)12-18)16-8-6-5-7-9-16/h4-11,14,19H,12H2,1-3H3/b11-10-,15-4+,17-13-. The van der Waals surface area contributed by atoms with Crippen molar-refractivity contribution in [3.05, 3.63) is 65.3 Å². The average Bonchev–Trinajstić information content (AvgIpc) is 2.43. The number of benzene rings is 1. The van der Waals surface area contributed by atoms with Crippen molar-refractivity contribution in [2.45, 2.75) is 26.9 Å². The molecule has 19 heavy (non-hydrogen) atoms. The zero-order chi connectivity index (χ0) is 14.3. The van der Waals surface area contributed by atoms with Crippen LogP contribution in [0, 0.1) is 0 Å². The highest BCUT2D eigenvalue weighted by Gasteiger charge is 2.08. The molecule has 1 aromatic carbocycles. The molecular weight excluding hydrogens is 256 g/mol. The minimum atomic E-state index is -0.455. The zero-order valence-electron chi connectivity index (χ0n) is 11.7. The number of rotatable bonds is 5. The molecule has 1 unspecified atom stereocenters. The normalized spacial score (nSPS) is 15.5. The Morgan fingerprint density at radius 3 is 2.42 bits per heavy atom. The van der Waals surface area contributed by atoms with Gasteiger partial charge in [-0.25, -0.2) is 0 Å². The molecule has 1 N–H and O–H groups in total. The molecule has 0 aliphatic carbocycles. The number of hydrogen-bond acceptors (Lipinski definition) is 1. The Labute approximate surface area is 120 Å². The van der Waals surface area contributed by atoms with Crippen molar-refractivity contribution < 1.29 is 5.11 Å². The minimum Gasteiger partial charge on any atom is -0.389 e. The maximum atomic E-state index is 9.39. The maximum Gasteiger partial charge on any atom is 0.0696 e. The van der Waals surface area contributed by atoms with Crippen LogP contribution < -0.4 is 0 Å². The largest absolute Gasteiger partial charge is 0.389 e. The van der Waals surface area contributed by atoms with Crippen molar-refractivity contribution in [1.82, 2.24) is 0 Å². The predicted molar refractivity (Wildman–Crippen MR) is 84.3 cm³/mol. The Balaban J connectivity index is 3.27. The molecule has 0 saturated carbocycles. The summed E-state index contributed by atoms with van der Waals surface area (Å²) in [5.74, 6) is 0.490. The second kappa shape index (κ2) is 7.98. The van der Waals surface area contributed by atoms with Crippen LogP contribution in [0.5, 0.6) is 0 Å². The molecule has 0 spiro atoms. The van der Waals surface area contributed by atoms with Gasteiger partial charge < -0.3 is 5.11 Å². The number of halogens is 1. The molecule has 102 valence electrons. The fraction of sp³-hybridized carbons (Fsp3) is 0.294. The van der Waals surface area contributed by atoms with Crippen LogP contribution in [-0.2, 0) is 0 Å². The van der Waals surface area contributed by atoms with E-state index in [1.165, 1.54) is 0 Å². The molecule has 1 nitrogen and oxygen atoms in total. The average molecular weight is 277 g/mol. The van der Waals surface area contributed by atoms with Gasteiger partial charge in [-0.05, 0) is 37.5 Å². The third-order valence-electron chi connectivity index (χ3n) is 2.84. The Hall–Kier alpha value is -1.31. The van der Waals surface area contributed by atoms with Gasteiger partial charge in [0.25, 0.3) is 0 Å². The quantitative estimate of drug-likeness (QED) is 0.616. The van der Waals surface area contributed by atoms with Gasteiger partial charge in [-0.2, -0.15) is 0 Å². The van der Waals surface area contributed by atoms with Crippen LogP contribution in [-0.4, -0.2) is 17.1 Å². The van der Waals surface area contributed by atoms with Crippen molar-refractivity contribution in [3.8, 4) is 0 Å². The van der Waals surface area contributed by atoms with E-state index in [9.17, 15) is 5.11 Å². The number of aliphatic hydroxyl groups is 1. The molecule has 0 saturated heterocycles. The Bertz CT molecular complexity index is 481. The van der Waals surface area contributed by atoms with Gasteiger partial charge in [0.1, 0.15) is 0 Å². The van der Waals surface area contributed by atoms with Gasteiger partial charge in [0.15, 0.2) is 0 Å². The van der Waals surface area contributed by atoms with Crippen molar-refractivity contribution in [2.24, 2.45) is 0 Å². The van der Waals surface area contributed by atoms with Gasteiger partial charge in [0, 0.05) is 5.88 Å². The molecule has 2 heteroatoms. The third-order valence-corrected chi connectivity index (χ3v) is 3.24. The highest BCUT2D eigenvalue weighted by Crippen LogP contribution is 2.28. The Morgan fingerprint density at radius 1 is 1.32 bits per heavy atom. The molecule has 0 aromatic heterocycles. The number of hydrogen-bond donors (Lipinski definition) is 1. The lowest BCUT2D eigenvalue weighted by Crippen LogP contribution is -1.96. The zero-order valence-corrected chi connectivity index (χ0v) is 12.5. The molecule has 0 amide bonds. The molecule has 0 radical (unpaired) electrons. The highest BCUT2D eigenvalue weighted by molar-refractivity contribution is 6.20. The van der Waals surface area contributed by atoms with Crippen LogP contribution in [0.25, 0.3) is 5.57 Å². The van der Waals surface area contributed by atoms with E-state index in [0.717, 1.165) is 22.3 Å². The summed E-state index contributed by atoms with van der Waals surface area (Å²) in [5.41, 5.74) is 4.47. The predicted octanol–water partition coefficient (Wildman–Crippen LogP) is 4.58. The number of aliphatic hydroxyl groups excluding tert-OH is 1. The molecule has 0 aliphatic rings. The molecule has 1 atom stereocenters. The first-order valence-electron chi connectivity index (χ1n) is 6.44. The third kappa shape index (κ3) is 4.70. The van der Waals surface area contributed by atoms with E-state index < -0.39 is 6.10 Å². The molecular formula is C17H21ClO. The lowest BCUT2D eigenvalue weighted by Gasteiger charge is -2.13. The van der Waals surface area contributed by atoms with Crippen LogP contribution in [0.1, 0.15) is 26.3 Å². The van der Waals surface area contributed by atoms with E-state index in [2.05, 4.69) is 12.1 Å². The van der Waals surface area contributed by atoms with Crippen molar-refractivity contribution in [2.75, 3.05) is 5.88 Å². The summed E-state index contributed by atoms with van der Waals surface area (Å²) in [4.78, 5) is 0. The first kappa shape index (κ1) is 15.7. The van der Waals surface area contributed by atoms with E-state index >= 15 is 0 Å². The van der Waals surface area contributed by atoms with E-state index in [0.29, 0.717) is 5.88 Å². The van der Waals surface area contributed by atoms with Gasteiger partial charge in [-0.15, -0.1) is 11.6 Å². The monoisotopic (exact) mass is 276 g/mol. The summed E-state index contributed by atoms with van der Waals surface area (Å²) in [6.07, 6.45) is 5.31. The van der Waals surface area contributed by atoms with Gasteiger partial charge in [0.05, 0.1) is 6.10 Å². The maximum absolute atomic E-state index is 9.39. The van der Waals surface area contributed by atoms with Gasteiger partial charge in [0.2, 0.25) is 0 Å². The van der Waals surface area contributed by atoms with Crippen molar-refractivity contribution >= 4 is 17.2 Å². The molecule has 1 rings (SSSR count). The fourth-order valence-electron chi connectivity index (χ4n) is 1.90. The fourth-order valence-corrected chi connectivity index (χ4v) is 2.03. The molecule has 0 aliphatic heterocycles. The second-order valence-electron chi connectivity index (χ2n) is 4.50. The SMILES string of the molecule is C/C=C(\C=C/C(C)O)C(=C(\C)CCl)/c1ccccc1. The second-order valence-corrected chi connectivity index (χ2v) is 4.77. The van der Waals surface area contributed by atoms with Crippen LogP contribution in [0.4, 0.5) is 0 Å². The summed E-state index contributed by atoms with van der Waals surface area (Å²) in [5, 5.41) is 9.39. The smallest absolute Gasteiger partial charge is 0.0696 e. The van der Waals surface area contributed by atoms with Gasteiger partial charge >= 0.3 is 0 Å². The summed E-state index contributed by atoms with van der Waals surface area (Å²) in [7, 11) is 0. The van der Waals surface area contributed by atoms with E-state index in [-0.39, 0.29) is 0 Å². The van der Waals surface area contributed by atoms with E-state index in [4.69, 9.17) is 11.6 Å². The molecule has 1 aromatic rings. The van der Waals surface area contributed by atoms with Gasteiger partial charge in [-0.1, -0.05) is 54.1 Å². The van der Waals surface area contributed by atoms with Crippen LogP contribution in [0.3, 0.4) is 0 Å². The van der Waals surface area contributed by atoms with E-state index in [1.54, 1.807) is 13.0 Å². The van der Waals surface area contributed by atoms with Crippen LogP contribution in [0.15, 0.2) is 59.7 Å². The minimum absolute atomic E-state index is 0.455. The van der Waals surface area contributed by atoms with Crippen LogP contribution >= 0.6 is 11.6 Å². The highest BCUT2D eigenvalue weighted by atomic mass is 35.5. The van der Waals surface area contributed by atoms with Crippen molar-refractivity contribution in [3.63, 3.8) is 0 Å².